The number of anilines is 1. The van der Waals surface area contributed by atoms with Crippen LogP contribution in [0.1, 0.15) is 19.8 Å². The maximum atomic E-state index is 11.7. The van der Waals surface area contributed by atoms with E-state index in [0.29, 0.717) is 17.9 Å². The van der Waals surface area contributed by atoms with E-state index in [1.807, 2.05) is 19.1 Å². The number of ether oxygens (including phenoxy) is 1. The predicted octanol–water partition coefficient (Wildman–Crippen LogP) is 2.18. The van der Waals surface area contributed by atoms with Crippen molar-refractivity contribution in [2.75, 3.05) is 12.4 Å². The lowest BCUT2D eigenvalue weighted by molar-refractivity contribution is -0.117. The number of nitrogens with two attached hydrogens (primary N) is 1. The van der Waals surface area contributed by atoms with Crippen LogP contribution in [-0.4, -0.2) is 19.1 Å². The van der Waals surface area contributed by atoms with Gasteiger partial charge in [-0.05, 0) is 18.6 Å². The molecule has 3 N–H and O–H groups in total. The SMILES string of the molecule is CCCC(N)C(=O)Nc1ccccc1OC.Cl. The minimum absolute atomic E-state index is 0. The summed E-state index contributed by atoms with van der Waals surface area (Å²) in [6.45, 7) is 2.00. The Hall–Kier alpha value is -1.26. The van der Waals surface area contributed by atoms with Gasteiger partial charge in [0.05, 0.1) is 18.8 Å². The van der Waals surface area contributed by atoms with E-state index in [9.17, 15) is 4.79 Å². The van der Waals surface area contributed by atoms with Gasteiger partial charge in [-0.1, -0.05) is 25.5 Å². The quantitative estimate of drug-likeness (QED) is 0.851. The first kappa shape index (κ1) is 15.7. The van der Waals surface area contributed by atoms with Gasteiger partial charge < -0.3 is 15.8 Å². The van der Waals surface area contributed by atoms with Crippen LogP contribution in [0.5, 0.6) is 5.75 Å². The van der Waals surface area contributed by atoms with Crippen molar-refractivity contribution in [3.05, 3.63) is 24.3 Å². The molecule has 0 aliphatic rings. The van der Waals surface area contributed by atoms with Crippen LogP contribution < -0.4 is 15.8 Å². The molecule has 0 radical (unpaired) electrons. The molecule has 17 heavy (non-hydrogen) atoms. The summed E-state index contributed by atoms with van der Waals surface area (Å²) in [4.78, 5) is 11.7. The Balaban J connectivity index is 0.00000256. The Morgan fingerprint density at radius 3 is 2.71 bits per heavy atom. The van der Waals surface area contributed by atoms with Crippen LogP contribution in [0.3, 0.4) is 0 Å². The van der Waals surface area contributed by atoms with E-state index in [1.165, 1.54) is 0 Å². The maximum Gasteiger partial charge on any atom is 0.241 e. The summed E-state index contributed by atoms with van der Waals surface area (Å²) in [7, 11) is 1.57. The maximum absolute atomic E-state index is 11.7. The van der Waals surface area contributed by atoms with Gasteiger partial charge in [-0.25, -0.2) is 0 Å². The van der Waals surface area contributed by atoms with E-state index in [4.69, 9.17) is 10.5 Å². The summed E-state index contributed by atoms with van der Waals surface area (Å²) in [6, 6.07) is 6.80. The van der Waals surface area contributed by atoms with Gasteiger partial charge in [0, 0.05) is 0 Å². The number of hydrogen-bond donors (Lipinski definition) is 2. The van der Waals surface area contributed by atoms with Crippen molar-refractivity contribution in [3.63, 3.8) is 0 Å². The molecule has 0 saturated heterocycles. The molecule has 0 bridgehead atoms. The van der Waals surface area contributed by atoms with Crippen molar-refractivity contribution < 1.29 is 9.53 Å². The third-order valence-corrected chi connectivity index (χ3v) is 2.30. The van der Waals surface area contributed by atoms with Crippen LogP contribution in [0, 0.1) is 0 Å². The van der Waals surface area contributed by atoms with E-state index >= 15 is 0 Å². The van der Waals surface area contributed by atoms with E-state index < -0.39 is 6.04 Å². The molecular formula is C12H19ClN2O2. The summed E-state index contributed by atoms with van der Waals surface area (Å²) in [6.07, 6.45) is 1.57. The van der Waals surface area contributed by atoms with Gasteiger partial charge in [0.25, 0.3) is 0 Å². The van der Waals surface area contributed by atoms with Crippen LogP contribution in [0.15, 0.2) is 24.3 Å². The molecule has 5 heteroatoms. The Labute approximate surface area is 108 Å². The van der Waals surface area contributed by atoms with Gasteiger partial charge in [-0.3, -0.25) is 4.79 Å². The van der Waals surface area contributed by atoms with Gasteiger partial charge >= 0.3 is 0 Å². The lowest BCUT2D eigenvalue weighted by Crippen LogP contribution is -2.35. The predicted molar refractivity (Wildman–Crippen MR) is 71.8 cm³/mol. The van der Waals surface area contributed by atoms with Gasteiger partial charge in [-0.15, -0.1) is 12.4 Å². The standard InChI is InChI=1S/C12H18N2O2.ClH/c1-3-6-9(13)12(15)14-10-7-4-5-8-11(10)16-2;/h4-5,7-9H,3,6,13H2,1-2H3,(H,14,15);1H. The highest BCUT2D eigenvalue weighted by molar-refractivity contribution is 5.95. The second-order valence-electron chi connectivity index (χ2n) is 3.58. The third-order valence-electron chi connectivity index (χ3n) is 2.30. The lowest BCUT2D eigenvalue weighted by atomic mass is 10.1. The smallest absolute Gasteiger partial charge is 0.241 e. The van der Waals surface area contributed by atoms with Gasteiger partial charge in [0.2, 0.25) is 5.91 Å². The minimum atomic E-state index is -0.463. The summed E-state index contributed by atoms with van der Waals surface area (Å²) < 4.78 is 5.13. The molecule has 0 aromatic heterocycles. The van der Waals surface area contributed by atoms with Crippen molar-refractivity contribution in [2.45, 2.75) is 25.8 Å². The fourth-order valence-corrected chi connectivity index (χ4v) is 1.42. The number of amides is 1. The van der Waals surface area contributed by atoms with Crippen LogP contribution in [0.25, 0.3) is 0 Å². The summed E-state index contributed by atoms with van der Waals surface area (Å²) in [5.74, 6) is 0.464. The fourth-order valence-electron chi connectivity index (χ4n) is 1.42. The Kier molecular flexibility index (Phi) is 7.34. The monoisotopic (exact) mass is 258 g/mol. The molecule has 1 aromatic rings. The number of benzene rings is 1. The molecular weight excluding hydrogens is 240 g/mol. The van der Waals surface area contributed by atoms with Crippen molar-refractivity contribution >= 4 is 24.0 Å². The van der Waals surface area contributed by atoms with Crippen molar-refractivity contribution in [3.8, 4) is 5.75 Å². The molecule has 1 aromatic carbocycles. The molecule has 0 aliphatic heterocycles. The molecule has 1 unspecified atom stereocenters. The molecule has 0 spiro atoms. The highest BCUT2D eigenvalue weighted by Gasteiger charge is 2.13. The van der Waals surface area contributed by atoms with E-state index in [2.05, 4.69) is 5.32 Å². The fraction of sp³-hybridized carbons (Fsp3) is 0.417. The normalized spacial score (nSPS) is 11.2. The van der Waals surface area contributed by atoms with Crippen LogP contribution in [-0.2, 0) is 4.79 Å². The number of carbonyl (C=O) groups is 1. The van der Waals surface area contributed by atoms with Gasteiger partial charge in [0.15, 0.2) is 0 Å². The van der Waals surface area contributed by atoms with Crippen LogP contribution in [0.2, 0.25) is 0 Å². The molecule has 96 valence electrons. The Morgan fingerprint density at radius 2 is 2.12 bits per heavy atom. The average Bonchev–Trinajstić information content (AvgIpc) is 2.30. The highest BCUT2D eigenvalue weighted by Crippen LogP contribution is 2.23. The van der Waals surface area contributed by atoms with Crippen molar-refractivity contribution in [1.82, 2.24) is 0 Å². The number of carbonyl (C=O) groups excluding carboxylic acids is 1. The molecule has 0 aliphatic carbocycles. The molecule has 1 atom stereocenters. The number of rotatable bonds is 5. The van der Waals surface area contributed by atoms with Crippen molar-refractivity contribution in [2.24, 2.45) is 5.73 Å². The Morgan fingerprint density at radius 1 is 1.47 bits per heavy atom. The second kappa shape index (κ2) is 7.92. The zero-order valence-electron chi connectivity index (χ0n) is 10.1. The summed E-state index contributed by atoms with van der Waals surface area (Å²) in [5.41, 5.74) is 6.37. The average molecular weight is 259 g/mol. The van der Waals surface area contributed by atoms with E-state index in [0.717, 1.165) is 6.42 Å². The topological polar surface area (TPSA) is 64.4 Å². The molecule has 0 heterocycles. The van der Waals surface area contributed by atoms with Gasteiger partial charge in [0.1, 0.15) is 5.75 Å². The number of nitrogens with one attached hydrogen (secondary N) is 1. The molecule has 4 nitrogen and oxygen atoms in total. The zero-order chi connectivity index (χ0) is 12.0. The largest absolute Gasteiger partial charge is 0.495 e. The minimum Gasteiger partial charge on any atom is -0.495 e. The first-order chi connectivity index (χ1) is 7.69. The first-order valence-electron chi connectivity index (χ1n) is 5.38. The highest BCUT2D eigenvalue weighted by atomic mass is 35.5. The number of halogens is 1. The number of hydrogen-bond acceptors (Lipinski definition) is 3. The van der Waals surface area contributed by atoms with E-state index in [1.54, 1.807) is 19.2 Å². The molecule has 0 saturated carbocycles. The third kappa shape index (κ3) is 4.63. The Bertz CT molecular complexity index is 358. The lowest BCUT2D eigenvalue weighted by Gasteiger charge is -2.13. The van der Waals surface area contributed by atoms with Crippen LogP contribution in [0.4, 0.5) is 5.69 Å². The second-order valence-corrected chi connectivity index (χ2v) is 3.58. The number of para-hydroxylation sites is 2. The van der Waals surface area contributed by atoms with E-state index in [-0.39, 0.29) is 18.3 Å². The molecule has 0 fully saturated rings. The first-order valence-corrected chi connectivity index (χ1v) is 5.38. The van der Waals surface area contributed by atoms with Gasteiger partial charge in [-0.2, -0.15) is 0 Å². The number of methoxy groups -OCH3 is 1. The van der Waals surface area contributed by atoms with Crippen molar-refractivity contribution in [1.29, 1.82) is 0 Å². The zero-order valence-corrected chi connectivity index (χ0v) is 10.9. The summed E-state index contributed by atoms with van der Waals surface area (Å²) >= 11 is 0. The molecule has 1 amide bonds. The summed E-state index contributed by atoms with van der Waals surface area (Å²) in [5, 5.41) is 2.76. The van der Waals surface area contributed by atoms with Crippen LogP contribution >= 0.6 is 12.4 Å². The molecule has 1 rings (SSSR count).